The molecule has 2 N–H and O–H groups in total. The first-order valence-corrected chi connectivity index (χ1v) is 7.84. The second-order valence-corrected chi connectivity index (χ2v) is 5.84. The van der Waals surface area contributed by atoms with Gasteiger partial charge in [0, 0.05) is 18.2 Å². The molecule has 8 heteroatoms. The van der Waals surface area contributed by atoms with Gasteiger partial charge >= 0.3 is 11.7 Å². The number of hydrogen-bond donors (Lipinski definition) is 2. The van der Waals surface area contributed by atoms with Gasteiger partial charge in [0.1, 0.15) is 18.4 Å². The van der Waals surface area contributed by atoms with Crippen molar-refractivity contribution in [2.45, 2.75) is 31.8 Å². The predicted molar refractivity (Wildman–Crippen MR) is 87.3 cm³/mol. The van der Waals surface area contributed by atoms with Crippen LogP contribution in [0.5, 0.6) is 0 Å². The van der Waals surface area contributed by atoms with E-state index in [0.717, 1.165) is 0 Å². The number of esters is 1. The molecule has 1 saturated heterocycles. The van der Waals surface area contributed by atoms with Gasteiger partial charge < -0.3 is 14.6 Å². The van der Waals surface area contributed by atoms with E-state index in [2.05, 4.69) is 4.98 Å². The molecule has 3 atom stereocenters. The Balaban J connectivity index is 1.79. The first-order chi connectivity index (χ1) is 12.0. The number of aromatic amines is 1. The van der Waals surface area contributed by atoms with E-state index < -0.39 is 35.7 Å². The zero-order chi connectivity index (χ0) is 18.0. The van der Waals surface area contributed by atoms with Crippen molar-refractivity contribution in [3.8, 4) is 0 Å². The van der Waals surface area contributed by atoms with E-state index in [4.69, 9.17) is 9.47 Å². The molecule has 0 amide bonds. The van der Waals surface area contributed by atoms with E-state index in [-0.39, 0.29) is 13.0 Å². The van der Waals surface area contributed by atoms with Gasteiger partial charge in [-0.05, 0) is 19.1 Å². The number of aromatic nitrogens is 2. The van der Waals surface area contributed by atoms with Crippen LogP contribution < -0.4 is 11.2 Å². The quantitative estimate of drug-likeness (QED) is 0.773. The summed E-state index contributed by atoms with van der Waals surface area (Å²) in [6, 6.07) is 8.47. The Kier molecular flexibility index (Phi) is 4.82. The molecule has 0 spiro atoms. The van der Waals surface area contributed by atoms with Crippen LogP contribution in [0.1, 0.15) is 28.6 Å². The number of rotatable bonds is 4. The van der Waals surface area contributed by atoms with Gasteiger partial charge in [-0.2, -0.15) is 0 Å². The molecule has 1 aliphatic heterocycles. The number of nitrogens with zero attached hydrogens (tertiary/aromatic N) is 1. The van der Waals surface area contributed by atoms with Crippen molar-refractivity contribution in [1.29, 1.82) is 0 Å². The van der Waals surface area contributed by atoms with Crippen molar-refractivity contribution in [3.63, 3.8) is 0 Å². The summed E-state index contributed by atoms with van der Waals surface area (Å²) in [5.41, 5.74) is -0.342. The van der Waals surface area contributed by atoms with Crippen molar-refractivity contribution in [3.05, 3.63) is 68.5 Å². The molecule has 8 nitrogen and oxygen atoms in total. The molecule has 0 bridgehead atoms. The Labute approximate surface area is 142 Å². The fraction of sp³-hybridized carbons (Fsp3) is 0.353. The Morgan fingerprint density at radius 1 is 1.36 bits per heavy atom. The van der Waals surface area contributed by atoms with Crippen molar-refractivity contribution < 1.29 is 19.4 Å². The molecule has 25 heavy (non-hydrogen) atoms. The van der Waals surface area contributed by atoms with E-state index in [1.165, 1.54) is 10.8 Å². The lowest BCUT2D eigenvalue weighted by Crippen LogP contribution is -2.33. The minimum atomic E-state index is -0.753. The summed E-state index contributed by atoms with van der Waals surface area (Å²) in [7, 11) is 0. The summed E-state index contributed by atoms with van der Waals surface area (Å²) in [6.07, 6.45) is -0.621. The van der Waals surface area contributed by atoms with Crippen LogP contribution in [0.3, 0.4) is 0 Å². The van der Waals surface area contributed by atoms with Crippen molar-refractivity contribution >= 4 is 5.97 Å². The molecule has 132 valence electrons. The maximum atomic E-state index is 12.2. The number of aliphatic hydroxyl groups is 1. The van der Waals surface area contributed by atoms with E-state index >= 15 is 0 Å². The van der Waals surface area contributed by atoms with Crippen LogP contribution in [0.25, 0.3) is 0 Å². The number of carbonyl (C=O) groups excluding carboxylic acids is 1. The number of nitrogens with one attached hydrogen (secondary N) is 1. The van der Waals surface area contributed by atoms with Crippen LogP contribution >= 0.6 is 0 Å². The molecule has 1 aromatic carbocycles. The zero-order valence-corrected chi connectivity index (χ0v) is 13.5. The summed E-state index contributed by atoms with van der Waals surface area (Å²) in [4.78, 5) is 37.9. The zero-order valence-electron chi connectivity index (χ0n) is 13.5. The third-order valence-corrected chi connectivity index (χ3v) is 4.08. The van der Waals surface area contributed by atoms with Crippen molar-refractivity contribution in [1.82, 2.24) is 9.55 Å². The molecular weight excluding hydrogens is 328 g/mol. The third kappa shape index (κ3) is 3.54. The lowest BCUT2D eigenvalue weighted by Gasteiger charge is -2.16. The van der Waals surface area contributed by atoms with E-state index in [9.17, 15) is 19.5 Å². The summed E-state index contributed by atoms with van der Waals surface area (Å²) in [5.74, 6) is -0.529. The molecule has 0 radical (unpaired) electrons. The fourth-order valence-electron chi connectivity index (χ4n) is 2.74. The Morgan fingerprint density at radius 3 is 2.76 bits per heavy atom. The molecule has 1 aliphatic rings. The highest BCUT2D eigenvalue weighted by molar-refractivity contribution is 5.89. The molecule has 1 aromatic heterocycles. The van der Waals surface area contributed by atoms with Gasteiger partial charge in [0.15, 0.2) is 0 Å². The number of carbonyl (C=O) groups is 1. The standard InChI is InChI=1S/C17H18N2O6/c1-10-8-19(17(23)18-15(10)21)14-7-12(13(9-20)24-14)25-16(22)11-5-3-2-4-6-11/h2-6,8,12-14,20H,7,9H2,1H3,(H,18,21,23)/t12?,13-,14-/m1/s1. The second-order valence-electron chi connectivity index (χ2n) is 5.84. The molecular formula is C17H18N2O6. The van der Waals surface area contributed by atoms with Crippen LogP contribution in [-0.4, -0.2) is 39.4 Å². The number of aryl methyl sites for hydroxylation is 1. The molecule has 0 saturated carbocycles. The van der Waals surface area contributed by atoms with Crippen LogP contribution in [-0.2, 0) is 9.47 Å². The number of H-pyrrole nitrogens is 1. The highest BCUT2D eigenvalue weighted by Crippen LogP contribution is 2.30. The largest absolute Gasteiger partial charge is 0.456 e. The minimum absolute atomic E-state index is 0.190. The van der Waals surface area contributed by atoms with Gasteiger partial charge in [-0.1, -0.05) is 18.2 Å². The second kappa shape index (κ2) is 7.04. The average molecular weight is 346 g/mol. The molecule has 2 aromatic rings. The fourth-order valence-corrected chi connectivity index (χ4v) is 2.74. The maximum Gasteiger partial charge on any atom is 0.338 e. The maximum absolute atomic E-state index is 12.2. The van der Waals surface area contributed by atoms with E-state index in [1.54, 1.807) is 37.3 Å². The minimum Gasteiger partial charge on any atom is -0.456 e. The summed E-state index contributed by atoms with van der Waals surface area (Å²) < 4.78 is 12.3. The molecule has 2 heterocycles. The Morgan fingerprint density at radius 2 is 2.08 bits per heavy atom. The van der Waals surface area contributed by atoms with Crippen LogP contribution in [0.15, 0.2) is 46.1 Å². The van der Waals surface area contributed by atoms with Crippen LogP contribution in [0.4, 0.5) is 0 Å². The average Bonchev–Trinajstić information content (AvgIpc) is 3.01. The third-order valence-electron chi connectivity index (χ3n) is 4.08. The van der Waals surface area contributed by atoms with Crippen molar-refractivity contribution in [2.24, 2.45) is 0 Å². The SMILES string of the molecule is Cc1cn([C@H]2CC(OC(=O)c3ccccc3)[C@@H](CO)O2)c(=O)[nH]c1=O. The summed E-state index contributed by atoms with van der Waals surface area (Å²) in [5, 5.41) is 9.49. The normalized spacial score (nSPS) is 22.7. The highest BCUT2D eigenvalue weighted by Gasteiger charge is 2.39. The summed E-state index contributed by atoms with van der Waals surface area (Å²) >= 11 is 0. The number of ether oxygens (including phenoxy) is 2. The first kappa shape index (κ1) is 17.1. The van der Waals surface area contributed by atoms with Crippen LogP contribution in [0, 0.1) is 6.92 Å². The molecule has 0 aliphatic carbocycles. The van der Waals surface area contributed by atoms with Gasteiger partial charge in [0.05, 0.1) is 12.2 Å². The van der Waals surface area contributed by atoms with Gasteiger partial charge in [0.25, 0.3) is 5.56 Å². The molecule has 3 rings (SSSR count). The Hall–Kier alpha value is -2.71. The van der Waals surface area contributed by atoms with E-state index in [0.29, 0.717) is 11.1 Å². The topological polar surface area (TPSA) is 111 Å². The van der Waals surface area contributed by atoms with E-state index in [1.807, 2.05) is 0 Å². The highest BCUT2D eigenvalue weighted by atomic mass is 16.6. The number of aliphatic hydroxyl groups excluding tert-OH is 1. The molecule has 1 fully saturated rings. The van der Waals surface area contributed by atoms with Gasteiger partial charge in [-0.3, -0.25) is 14.3 Å². The predicted octanol–water partition coefficient (Wildman–Crippen LogP) is 0.350. The smallest absolute Gasteiger partial charge is 0.338 e. The van der Waals surface area contributed by atoms with Gasteiger partial charge in [-0.15, -0.1) is 0 Å². The van der Waals surface area contributed by atoms with Gasteiger partial charge in [0.2, 0.25) is 0 Å². The lowest BCUT2D eigenvalue weighted by molar-refractivity contribution is -0.0522. The monoisotopic (exact) mass is 346 g/mol. The molecule has 1 unspecified atom stereocenters. The number of hydrogen-bond acceptors (Lipinski definition) is 6. The van der Waals surface area contributed by atoms with Crippen molar-refractivity contribution in [2.75, 3.05) is 6.61 Å². The van der Waals surface area contributed by atoms with Gasteiger partial charge in [-0.25, -0.2) is 9.59 Å². The first-order valence-electron chi connectivity index (χ1n) is 7.84. The number of benzene rings is 1. The lowest BCUT2D eigenvalue weighted by atomic mass is 10.1. The summed E-state index contributed by atoms with van der Waals surface area (Å²) in [6.45, 7) is 1.21. The Bertz CT molecular complexity index is 873. The van der Waals surface area contributed by atoms with Crippen LogP contribution in [0.2, 0.25) is 0 Å².